The molecule has 0 aliphatic heterocycles. The minimum atomic E-state index is -1.02. The largest absolute Gasteiger partial charge is 0.467 e. The maximum atomic E-state index is 13.9. The van der Waals surface area contributed by atoms with Gasteiger partial charge in [-0.25, -0.2) is 9.18 Å². The molecule has 0 aliphatic carbocycles. The van der Waals surface area contributed by atoms with Gasteiger partial charge < -0.3 is 15.4 Å². The molecule has 0 saturated heterocycles. The maximum absolute atomic E-state index is 13.9. The summed E-state index contributed by atoms with van der Waals surface area (Å²) < 4.78 is 18.6. The Morgan fingerprint density at radius 1 is 1.23 bits per heavy atom. The summed E-state index contributed by atoms with van der Waals surface area (Å²) in [7, 11) is 1.22. The average Bonchev–Trinajstić information content (AvgIpc) is 2.61. The van der Waals surface area contributed by atoms with E-state index in [2.05, 4.69) is 21.3 Å². The lowest BCUT2D eigenvalue weighted by Crippen LogP contribution is -2.52. The van der Waals surface area contributed by atoms with Crippen molar-refractivity contribution >= 4 is 17.8 Å². The van der Waals surface area contributed by atoms with Crippen LogP contribution in [-0.2, 0) is 25.5 Å². The summed E-state index contributed by atoms with van der Waals surface area (Å²) in [5.41, 5.74) is 0.281. The monoisotopic (exact) mass is 362 g/mol. The Kier molecular flexibility index (Phi) is 8.85. The van der Waals surface area contributed by atoms with Crippen molar-refractivity contribution in [3.63, 3.8) is 0 Å². The third kappa shape index (κ3) is 6.93. The first kappa shape index (κ1) is 21.2. The highest BCUT2D eigenvalue weighted by molar-refractivity contribution is 5.90. The van der Waals surface area contributed by atoms with E-state index < -0.39 is 35.7 Å². The van der Waals surface area contributed by atoms with Gasteiger partial charge in [-0.2, -0.15) is 0 Å². The summed E-state index contributed by atoms with van der Waals surface area (Å²) in [5, 5.41) is 5.04. The minimum Gasteiger partial charge on any atom is -0.467 e. The van der Waals surface area contributed by atoms with Crippen LogP contribution < -0.4 is 10.6 Å². The van der Waals surface area contributed by atoms with E-state index in [1.165, 1.54) is 32.2 Å². The predicted octanol–water partition coefficient (Wildman–Crippen LogP) is 1.33. The van der Waals surface area contributed by atoms with Gasteiger partial charge in [0, 0.05) is 19.8 Å². The van der Waals surface area contributed by atoms with E-state index in [0.29, 0.717) is 19.3 Å². The molecule has 2 amide bonds. The molecule has 1 aromatic rings. The van der Waals surface area contributed by atoms with E-state index in [1.54, 1.807) is 6.07 Å². The van der Waals surface area contributed by atoms with Crippen LogP contribution >= 0.6 is 0 Å². The molecule has 0 radical (unpaired) electrons. The zero-order valence-corrected chi connectivity index (χ0v) is 14.9. The number of amides is 2. The summed E-state index contributed by atoms with van der Waals surface area (Å²) in [6.45, 7) is 1.26. The predicted molar refractivity (Wildman–Crippen MR) is 94.3 cm³/mol. The SMILES string of the molecule is C#CCCC[C@@H](NC(=O)[C@@H](Cc1ccccc1F)NC(C)=O)C(=O)OC. The van der Waals surface area contributed by atoms with Crippen LogP contribution in [0.5, 0.6) is 0 Å². The lowest BCUT2D eigenvalue weighted by atomic mass is 10.0. The van der Waals surface area contributed by atoms with Crippen LogP contribution in [0, 0.1) is 18.2 Å². The number of methoxy groups -OCH3 is 1. The van der Waals surface area contributed by atoms with Gasteiger partial charge in [0.05, 0.1) is 7.11 Å². The van der Waals surface area contributed by atoms with Gasteiger partial charge in [0.25, 0.3) is 0 Å². The van der Waals surface area contributed by atoms with Crippen molar-refractivity contribution in [2.45, 2.75) is 44.7 Å². The molecule has 26 heavy (non-hydrogen) atoms. The van der Waals surface area contributed by atoms with Gasteiger partial charge in [0.15, 0.2) is 0 Å². The Balaban J connectivity index is 2.88. The second-order valence-corrected chi connectivity index (χ2v) is 5.73. The van der Waals surface area contributed by atoms with Gasteiger partial charge in [-0.3, -0.25) is 9.59 Å². The number of carbonyl (C=O) groups is 3. The fourth-order valence-corrected chi connectivity index (χ4v) is 2.41. The van der Waals surface area contributed by atoms with E-state index in [-0.39, 0.29) is 12.0 Å². The number of hydrogen-bond donors (Lipinski definition) is 2. The summed E-state index contributed by atoms with van der Waals surface area (Å²) in [6.07, 6.45) is 6.42. The summed E-state index contributed by atoms with van der Waals surface area (Å²) in [4.78, 5) is 35.8. The third-order valence-corrected chi connectivity index (χ3v) is 3.69. The number of carbonyl (C=O) groups excluding carboxylic acids is 3. The lowest BCUT2D eigenvalue weighted by molar-refractivity contribution is -0.145. The van der Waals surface area contributed by atoms with Gasteiger partial charge in [0.1, 0.15) is 17.9 Å². The van der Waals surface area contributed by atoms with Crippen LogP contribution in [-0.4, -0.2) is 37.0 Å². The third-order valence-electron chi connectivity index (χ3n) is 3.69. The number of unbranched alkanes of at least 4 members (excludes halogenated alkanes) is 1. The van der Waals surface area contributed by atoms with Crippen LogP contribution in [0.1, 0.15) is 31.7 Å². The standard InChI is InChI=1S/C19H23FN2O4/c1-4-5-6-11-16(19(25)26-3)22-18(24)17(21-13(2)23)12-14-9-7-8-10-15(14)20/h1,7-10,16-17H,5-6,11-12H2,2-3H3,(H,21,23)(H,22,24)/t16-,17-/m1/s1. The number of ether oxygens (including phenoxy) is 1. The van der Waals surface area contributed by atoms with Crippen LogP contribution in [0.3, 0.4) is 0 Å². The van der Waals surface area contributed by atoms with E-state index in [1.807, 2.05) is 0 Å². The summed E-state index contributed by atoms with van der Waals surface area (Å²) >= 11 is 0. The fraction of sp³-hybridized carbons (Fsp3) is 0.421. The Bertz CT molecular complexity index is 684. The Morgan fingerprint density at radius 3 is 2.50 bits per heavy atom. The van der Waals surface area contributed by atoms with Gasteiger partial charge in [0.2, 0.25) is 11.8 Å². The van der Waals surface area contributed by atoms with Crippen molar-refractivity contribution in [2.75, 3.05) is 7.11 Å². The van der Waals surface area contributed by atoms with Gasteiger partial charge in [-0.05, 0) is 24.5 Å². The topological polar surface area (TPSA) is 84.5 Å². The summed E-state index contributed by atoms with van der Waals surface area (Å²) in [6, 6.07) is 4.06. The lowest BCUT2D eigenvalue weighted by Gasteiger charge is -2.22. The quantitative estimate of drug-likeness (QED) is 0.394. The van der Waals surface area contributed by atoms with E-state index in [0.717, 1.165) is 0 Å². The highest BCUT2D eigenvalue weighted by atomic mass is 19.1. The van der Waals surface area contributed by atoms with Crippen LogP contribution in [0.2, 0.25) is 0 Å². The zero-order valence-electron chi connectivity index (χ0n) is 14.9. The number of benzene rings is 1. The number of terminal acetylenes is 1. The molecule has 1 rings (SSSR count). The molecule has 0 bridgehead atoms. The van der Waals surface area contributed by atoms with Crippen LogP contribution in [0.4, 0.5) is 4.39 Å². The molecule has 0 spiro atoms. The zero-order chi connectivity index (χ0) is 19.5. The molecule has 2 atom stereocenters. The second-order valence-electron chi connectivity index (χ2n) is 5.73. The van der Waals surface area contributed by atoms with Crippen LogP contribution in [0.15, 0.2) is 24.3 Å². The van der Waals surface area contributed by atoms with Crippen molar-refractivity contribution in [1.29, 1.82) is 0 Å². The maximum Gasteiger partial charge on any atom is 0.328 e. The molecule has 0 fully saturated rings. The first-order valence-corrected chi connectivity index (χ1v) is 8.21. The van der Waals surface area contributed by atoms with Crippen molar-refractivity contribution in [1.82, 2.24) is 10.6 Å². The first-order chi connectivity index (χ1) is 12.4. The average molecular weight is 362 g/mol. The van der Waals surface area contributed by atoms with Crippen molar-refractivity contribution in [3.8, 4) is 12.3 Å². The number of nitrogens with one attached hydrogen (secondary N) is 2. The van der Waals surface area contributed by atoms with Crippen LogP contribution in [0.25, 0.3) is 0 Å². The van der Waals surface area contributed by atoms with Crippen molar-refractivity contribution < 1.29 is 23.5 Å². The van der Waals surface area contributed by atoms with E-state index in [4.69, 9.17) is 6.42 Å². The molecule has 6 nitrogen and oxygen atoms in total. The highest BCUT2D eigenvalue weighted by Gasteiger charge is 2.27. The minimum absolute atomic E-state index is 0.0453. The number of halogens is 1. The number of rotatable bonds is 9. The highest BCUT2D eigenvalue weighted by Crippen LogP contribution is 2.10. The molecule has 140 valence electrons. The molecular weight excluding hydrogens is 339 g/mol. The van der Waals surface area contributed by atoms with Crippen molar-refractivity contribution in [3.05, 3.63) is 35.6 Å². The second kappa shape index (κ2) is 10.9. The molecular formula is C19H23FN2O4. The van der Waals surface area contributed by atoms with E-state index >= 15 is 0 Å². The van der Waals surface area contributed by atoms with Gasteiger partial charge in [-0.15, -0.1) is 12.3 Å². The molecule has 0 unspecified atom stereocenters. The molecule has 0 saturated carbocycles. The molecule has 0 aliphatic rings. The Morgan fingerprint density at radius 2 is 1.92 bits per heavy atom. The Hall–Kier alpha value is -2.88. The Labute approximate surface area is 152 Å². The summed E-state index contributed by atoms with van der Waals surface area (Å²) in [5.74, 6) is 0.333. The molecule has 0 heterocycles. The van der Waals surface area contributed by atoms with E-state index in [9.17, 15) is 18.8 Å². The van der Waals surface area contributed by atoms with Gasteiger partial charge in [-0.1, -0.05) is 18.2 Å². The van der Waals surface area contributed by atoms with Crippen molar-refractivity contribution in [2.24, 2.45) is 0 Å². The normalized spacial score (nSPS) is 12.4. The molecule has 0 aromatic heterocycles. The van der Waals surface area contributed by atoms with Gasteiger partial charge >= 0.3 is 5.97 Å². The molecule has 1 aromatic carbocycles. The number of hydrogen-bond acceptors (Lipinski definition) is 4. The molecule has 2 N–H and O–H groups in total. The smallest absolute Gasteiger partial charge is 0.328 e. The first-order valence-electron chi connectivity index (χ1n) is 8.21. The number of esters is 1. The fourth-order valence-electron chi connectivity index (χ4n) is 2.41. The molecule has 7 heteroatoms.